The summed E-state index contributed by atoms with van der Waals surface area (Å²) < 4.78 is 1.68. The van der Waals surface area contributed by atoms with Crippen LogP contribution in [-0.2, 0) is 4.79 Å². The average Bonchev–Trinajstić information content (AvgIpc) is 2.66. The molecule has 1 heterocycles. The molecule has 2 amide bonds. The van der Waals surface area contributed by atoms with Crippen LogP contribution in [0, 0.1) is 5.92 Å². The Bertz CT molecular complexity index is 462. The quantitative estimate of drug-likeness (QED) is 0.849. The van der Waals surface area contributed by atoms with Gasteiger partial charge in [0.2, 0.25) is 5.91 Å². The number of hydrogen-bond acceptors (Lipinski definition) is 3. The van der Waals surface area contributed by atoms with Gasteiger partial charge in [0.05, 0.1) is 19.1 Å². The molecule has 4 nitrogen and oxygen atoms in total. The Hall–Kier alpha value is -0.400. The van der Waals surface area contributed by atoms with E-state index in [4.69, 9.17) is 0 Å². The second-order valence-electron chi connectivity index (χ2n) is 3.94. The molecule has 1 atom stereocenters. The maximum absolute atomic E-state index is 12.2. The fraction of sp³-hybridized carbons (Fsp3) is 0.455. The topological polar surface area (TPSA) is 49.4 Å². The molecular weight excluding hydrogens is 384 g/mol. The lowest BCUT2D eigenvalue weighted by Crippen LogP contribution is -2.37. The van der Waals surface area contributed by atoms with Crippen molar-refractivity contribution in [3.05, 3.63) is 19.2 Å². The smallest absolute Gasteiger partial charge is 0.255 e. The molecule has 0 bridgehead atoms. The molecule has 0 aliphatic rings. The second-order valence-corrected chi connectivity index (χ2v) is 7.69. The van der Waals surface area contributed by atoms with Crippen molar-refractivity contribution in [2.45, 2.75) is 6.92 Å². The van der Waals surface area contributed by atoms with Crippen LogP contribution in [0.3, 0.4) is 0 Å². The van der Waals surface area contributed by atoms with Gasteiger partial charge in [0.1, 0.15) is 0 Å². The van der Waals surface area contributed by atoms with Crippen molar-refractivity contribution in [1.29, 1.82) is 0 Å². The number of carbonyl (C=O) groups excluding carboxylic acids is 2. The van der Waals surface area contributed by atoms with Gasteiger partial charge in [0.15, 0.2) is 0 Å². The summed E-state index contributed by atoms with van der Waals surface area (Å²) in [6, 6.07) is 1.78. The summed E-state index contributed by atoms with van der Waals surface area (Å²) in [4.78, 5) is 25.1. The Morgan fingerprint density at radius 3 is 2.56 bits per heavy atom. The first-order valence-electron chi connectivity index (χ1n) is 5.28. The predicted molar refractivity (Wildman–Crippen MR) is 79.9 cm³/mol. The molecule has 0 aromatic carbocycles. The van der Waals surface area contributed by atoms with E-state index in [1.54, 1.807) is 32.0 Å². The van der Waals surface area contributed by atoms with E-state index in [1.807, 2.05) is 0 Å². The molecule has 1 rings (SSSR count). The molecule has 0 fully saturated rings. The molecule has 1 aromatic rings. The van der Waals surface area contributed by atoms with Crippen LogP contribution in [0.15, 0.2) is 13.6 Å². The molecule has 0 aliphatic carbocycles. The summed E-state index contributed by atoms with van der Waals surface area (Å²) in [5.74, 6) is -0.399. The molecular formula is C11H14Br2N2O2S. The van der Waals surface area contributed by atoms with Crippen LogP contribution in [0.2, 0.25) is 0 Å². The zero-order valence-corrected chi connectivity index (χ0v) is 14.3. The number of nitrogens with zero attached hydrogens (tertiary/aromatic N) is 1. The highest BCUT2D eigenvalue weighted by Gasteiger charge is 2.21. The van der Waals surface area contributed by atoms with Crippen molar-refractivity contribution in [2.75, 3.05) is 20.6 Å². The molecule has 0 aliphatic heterocycles. The highest BCUT2D eigenvalue weighted by molar-refractivity contribution is 9.12. The zero-order valence-electron chi connectivity index (χ0n) is 10.3. The lowest BCUT2D eigenvalue weighted by molar-refractivity contribution is -0.124. The molecule has 1 aromatic heterocycles. The summed E-state index contributed by atoms with van der Waals surface area (Å²) in [5.41, 5.74) is 0.610. The Balaban J connectivity index is 2.73. The predicted octanol–water partition coefficient (Wildman–Crippen LogP) is 2.73. The molecule has 100 valence electrons. The van der Waals surface area contributed by atoms with Crippen molar-refractivity contribution in [1.82, 2.24) is 10.2 Å². The Kier molecular flexibility index (Phi) is 5.81. The number of carbonyl (C=O) groups is 2. The van der Waals surface area contributed by atoms with Gasteiger partial charge in [0.25, 0.3) is 5.91 Å². The molecule has 1 unspecified atom stereocenters. The third-order valence-corrected chi connectivity index (χ3v) is 4.81. The minimum Gasteiger partial charge on any atom is -0.359 e. The van der Waals surface area contributed by atoms with Crippen molar-refractivity contribution in [2.24, 2.45) is 5.92 Å². The monoisotopic (exact) mass is 396 g/mol. The number of amides is 2. The van der Waals surface area contributed by atoms with Crippen LogP contribution in [-0.4, -0.2) is 37.4 Å². The first-order chi connectivity index (χ1) is 8.36. The van der Waals surface area contributed by atoms with E-state index in [-0.39, 0.29) is 17.7 Å². The number of rotatable bonds is 4. The van der Waals surface area contributed by atoms with Gasteiger partial charge in [0, 0.05) is 20.6 Å². The fourth-order valence-corrected chi connectivity index (χ4v) is 4.29. The van der Waals surface area contributed by atoms with E-state index < -0.39 is 0 Å². The minimum absolute atomic E-state index is 0.0692. The van der Waals surface area contributed by atoms with E-state index in [9.17, 15) is 9.59 Å². The van der Waals surface area contributed by atoms with Crippen LogP contribution < -0.4 is 5.32 Å². The third kappa shape index (κ3) is 3.80. The Morgan fingerprint density at radius 2 is 2.11 bits per heavy atom. The summed E-state index contributed by atoms with van der Waals surface area (Å²) in [6.07, 6.45) is 0. The van der Waals surface area contributed by atoms with Gasteiger partial charge in [-0.1, -0.05) is 6.92 Å². The van der Waals surface area contributed by atoms with Gasteiger partial charge in [-0.2, -0.15) is 0 Å². The molecule has 1 N–H and O–H groups in total. The molecule has 0 saturated carbocycles. The SMILES string of the molecule is CNC(=O)C(C)CN(C)C(=O)c1cc(Br)sc1Br. The Morgan fingerprint density at radius 1 is 1.50 bits per heavy atom. The van der Waals surface area contributed by atoms with E-state index in [2.05, 4.69) is 37.2 Å². The highest BCUT2D eigenvalue weighted by atomic mass is 79.9. The molecule has 0 saturated heterocycles. The maximum atomic E-state index is 12.2. The largest absolute Gasteiger partial charge is 0.359 e. The van der Waals surface area contributed by atoms with Crippen LogP contribution in [0.25, 0.3) is 0 Å². The molecule has 7 heteroatoms. The van der Waals surface area contributed by atoms with Gasteiger partial charge in [-0.25, -0.2) is 0 Å². The van der Waals surface area contributed by atoms with E-state index >= 15 is 0 Å². The maximum Gasteiger partial charge on any atom is 0.255 e. The molecule has 18 heavy (non-hydrogen) atoms. The van der Waals surface area contributed by atoms with Crippen LogP contribution in [0.5, 0.6) is 0 Å². The van der Waals surface area contributed by atoms with Gasteiger partial charge in [-0.3, -0.25) is 9.59 Å². The molecule has 0 radical (unpaired) electrons. The van der Waals surface area contributed by atoms with Gasteiger partial charge in [-0.15, -0.1) is 11.3 Å². The zero-order chi connectivity index (χ0) is 13.9. The first kappa shape index (κ1) is 15.7. The average molecular weight is 398 g/mol. The van der Waals surface area contributed by atoms with Gasteiger partial charge < -0.3 is 10.2 Å². The standard InChI is InChI=1S/C11H14Br2N2O2S/c1-6(10(16)14-2)5-15(3)11(17)7-4-8(12)18-9(7)13/h4,6H,5H2,1-3H3,(H,14,16). The first-order valence-corrected chi connectivity index (χ1v) is 7.69. The van der Waals surface area contributed by atoms with Crippen molar-refractivity contribution in [3.8, 4) is 0 Å². The third-order valence-electron chi connectivity index (χ3n) is 2.48. The van der Waals surface area contributed by atoms with Crippen LogP contribution >= 0.6 is 43.2 Å². The fourth-order valence-electron chi connectivity index (χ4n) is 1.51. The number of thiophene rings is 1. The lowest BCUT2D eigenvalue weighted by atomic mass is 10.1. The number of halogens is 2. The summed E-state index contributed by atoms with van der Waals surface area (Å²) in [6.45, 7) is 2.18. The van der Waals surface area contributed by atoms with Crippen LogP contribution in [0.4, 0.5) is 0 Å². The van der Waals surface area contributed by atoms with Crippen molar-refractivity contribution >= 4 is 55.0 Å². The summed E-state index contributed by atoms with van der Waals surface area (Å²) in [7, 11) is 3.28. The van der Waals surface area contributed by atoms with Crippen molar-refractivity contribution in [3.63, 3.8) is 0 Å². The number of nitrogens with one attached hydrogen (secondary N) is 1. The van der Waals surface area contributed by atoms with Gasteiger partial charge >= 0.3 is 0 Å². The minimum atomic E-state index is -0.232. The Labute approximate surface area is 127 Å². The van der Waals surface area contributed by atoms with Gasteiger partial charge in [-0.05, 0) is 37.9 Å². The lowest BCUT2D eigenvalue weighted by Gasteiger charge is -2.20. The van der Waals surface area contributed by atoms with E-state index in [0.29, 0.717) is 12.1 Å². The van der Waals surface area contributed by atoms with E-state index in [0.717, 1.165) is 7.57 Å². The van der Waals surface area contributed by atoms with Crippen molar-refractivity contribution < 1.29 is 9.59 Å². The second kappa shape index (κ2) is 6.68. The normalized spacial score (nSPS) is 12.1. The molecule has 0 spiro atoms. The van der Waals surface area contributed by atoms with E-state index in [1.165, 1.54) is 11.3 Å². The number of hydrogen-bond donors (Lipinski definition) is 1. The van der Waals surface area contributed by atoms with Crippen LogP contribution in [0.1, 0.15) is 17.3 Å². The summed E-state index contributed by atoms with van der Waals surface area (Å²) >= 11 is 8.15. The summed E-state index contributed by atoms with van der Waals surface area (Å²) in [5, 5.41) is 2.57. The highest BCUT2D eigenvalue weighted by Crippen LogP contribution is 2.32.